The van der Waals surface area contributed by atoms with E-state index in [0.717, 1.165) is 19.3 Å². The van der Waals surface area contributed by atoms with Crippen molar-refractivity contribution < 1.29 is 8.78 Å². The Kier molecular flexibility index (Phi) is 4.22. The summed E-state index contributed by atoms with van der Waals surface area (Å²) < 4.78 is 25.3. The Labute approximate surface area is 150 Å². The first-order valence-electron chi connectivity index (χ1n) is 8.65. The number of rotatable bonds is 5. The number of anilines is 1. The van der Waals surface area contributed by atoms with Crippen molar-refractivity contribution in [1.82, 2.24) is 9.97 Å². The van der Waals surface area contributed by atoms with E-state index in [1.807, 2.05) is 0 Å². The Morgan fingerprint density at radius 1 is 1.04 bits per heavy atom. The van der Waals surface area contributed by atoms with Gasteiger partial charge in [-0.05, 0) is 31.7 Å². The first kappa shape index (κ1) is 16.8. The summed E-state index contributed by atoms with van der Waals surface area (Å²) in [5, 5.41) is 10.8. The van der Waals surface area contributed by atoms with E-state index in [4.69, 9.17) is 0 Å². The molecule has 0 radical (unpaired) electrons. The molecule has 1 N–H and O–H groups in total. The van der Waals surface area contributed by atoms with Crippen molar-refractivity contribution in [2.45, 2.75) is 44.6 Å². The third-order valence-corrected chi connectivity index (χ3v) is 5.05. The van der Waals surface area contributed by atoms with Gasteiger partial charge in [-0.2, -0.15) is 10.2 Å². The number of nitrogens with one attached hydrogen (secondary N) is 1. The maximum Gasteiger partial charge on any atom is 0.278 e. The van der Waals surface area contributed by atoms with Crippen LogP contribution in [0.25, 0.3) is 0 Å². The van der Waals surface area contributed by atoms with Crippen LogP contribution in [0.1, 0.15) is 42.4 Å². The monoisotopic (exact) mass is 355 g/mol. The van der Waals surface area contributed by atoms with Crippen LogP contribution in [-0.4, -0.2) is 27.8 Å². The fraction of sp³-hybridized carbons (Fsp3) is 0.368. The molecule has 1 aliphatic carbocycles. The Balaban J connectivity index is 1.48. The van der Waals surface area contributed by atoms with Crippen LogP contribution >= 0.6 is 0 Å². The summed E-state index contributed by atoms with van der Waals surface area (Å²) in [6.07, 6.45) is 3.90. The van der Waals surface area contributed by atoms with Gasteiger partial charge in [0, 0.05) is 24.4 Å². The Bertz CT molecular complexity index is 853. The summed E-state index contributed by atoms with van der Waals surface area (Å²) in [7, 11) is 0. The second-order valence-corrected chi connectivity index (χ2v) is 6.84. The van der Waals surface area contributed by atoms with Gasteiger partial charge in [0.15, 0.2) is 0 Å². The minimum absolute atomic E-state index is 0.0428. The second-order valence-electron chi connectivity index (χ2n) is 6.84. The van der Waals surface area contributed by atoms with Gasteiger partial charge in [0.1, 0.15) is 5.71 Å². The minimum atomic E-state index is -2.58. The maximum absolute atomic E-state index is 12.7. The van der Waals surface area contributed by atoms with Crippen molar-refractivity contribution in [2.24, 2.45) is 10.2 Å². The molecule has 1 saturated carbocycles. The molecule has 2 aliphatic rings. The molecule has 5 nitrogen and oxygen atoms in total. The van der Waals surface area contributed by atoms with Crippen LogP contribution in [0.2, 0.25) is 0 Å². The van der Waals surface area contributed by atoms with Crippen molar-refractivity contribution in [1.29, 1.82) is 0 Å². The van der Waals surface area contributed by atoms with Crippen molar-refractivity contribution >= 4 is 17.4 Å². The van der Waals surface area contributed by atoms with Gasteiger partial charge in [0.25, 0.3) is 6.43 Å². The molecule has 1 fully saturated rings. The van der Waals surface area contributed by atoms with E-state index in [0.29, 0.717) is 17.2 Å². The number of hydrogen-bond donors (Lipinski definition) is 1. The largest absolute Gasteiger partial charge is 0.345 e. The van der Waals surface area contributed by atoms with Crippen LogP contribution in [0.4, 0.5) is 14.7 Å². The lowest BCUT2D eigenvalue weighted by Gasteiger charge is -2.43. The van der Waals surface area contributed by atoms with Gasteiger partial charge in [-0.3, -0.25) is 0 Å². The highest BCUT2D eigenvalue weighted by Gasteiger charge is 2.39. The predicted octanol–water partition coefficient (Wildman–Crippen LogP) is 4.09. The highest BCUT2D eigenvalue weighted by Crippen LogP contribution is 2.43. The Morgan fingerprint density at radius 3 is 2.27 bits per heavy atom. The Hall–Kier alpha value is -2.70. The van der Waals surface area contributed by atoms with Crippen LogP contribution in [0, 0.1) is 6.92 Å². The molecule has 0 saturated heterocycles. The zero-order valence-corrected chi connectivity index (χ0v) is 14.4. The molecule has 0 amide bonds. The first-order chi connectivity index (χ1) is 12.6. The summed E-state index contributed by atoms with van der Waals surface area (Å²) in [6, 6.07) is 8.51. The third-order valence-electron chi connectivity index (χ3n) is 5.05. The fourth-order valence-corrected chi connectivity index (χ4v) is 3.29. The van der Waals surface area contributed by atoms with Crippen LogP contribution in [-0.2, 0) is 5.54 Å². The summed E-state index contributed by atoms with van der Waals surface area (Å²) in [4.78, 5) is 8.72. The van der Waals surface area contributed by atoms with Gasteiger partial charge < -0.3 is 5.32 Å². The molecule has 7 heteroatoms. The van der Waals surface area contributed by atoms with E-state index < -0.39 is 6.43 Å². The number of nitrogens with zero attached hydrogens (tertiary/aromatic N) is 4. The molecular formula is C19H19F2N5. The normalized spacial score (nSPS) is 18.3. The molecule has 134 valence electrons. The predicted molar refractivity (Wildman–Crippen MR) is 97.0 cm³/mol. The number of aromatic nitrogens is 2. The van der Waals surface area contributed by atoms with Gasteiger partial charge in [-0.15, -0.1) is 0 Å². The first-order valence-corrected chi connectivity index (χ1v) is 8.65. The van der Waals surface area contributed by atoms with Gasteiger partial charge in [0.05, 0.1) is 11.3 Å². The summed E-state index contributed by atoms with van der Waals surface area (Å²) >= 11 is 0. The Morgan fingerprint density at radius 2 is 1.73 bits per heavy atom. The van der Waals surface area contributed by atoms with E-state index in [2.05, 4.69) is 56.7 Å². The molecule has 0 spiro atoms. The van der Waals surface area contributed by atoms with Crippen LogP contribution in [0.3, 0.4) is 0 Å². The summed E-state index contributed by atoms with van der Waals surface area (Å²) in [6.45, 7) is 2.07. The van der Waals surface area contributed by atoms with Crippen LogP contribution in [0.5, 0.6) is 0 Å². The van der Waals surface area contributed by atoms with E-state index in [-0.39, 0.29) is 17.7 Å². The summed E-state index contributed by atoms with van der Waals surface area (Å²) in [5.74, 6) is 0.530. The lowest BCUT2D eigenvalue weighted by molar-refractivity contribution is 0.224. The fourth-order valence-electron chi connectivity index (χ4n) is 3.29. The van der Waals surface area contributed by atoms with Gasteiger partial charge >= 0.3 is 0 Å². The number of aryl methyl sites for hydroxylation is 1. The topological polar surface area (TPSA) is 62.5 Å². The van der Waals surface area contributed by atoms with Crippen molar-refractivity contribution in [3.63, 3.8) is 0 Å². The van der Waals surface area contributed by atoms with E-state index >= 15 is 0 Å². The van der Waals surface area contributed by atoms with E-state index in [9.17, 15) is 8.78 Å². The zero-order valence-electron chi connectivity index (χ0n) is 14.4. The third kappa shape index (κ3) is 3.09. The number of alkyl halides is 2. The van der Waals surface area contributed by atoms with Gasteiger partial charge in [0.2, 0.25) is 5.95 Å². The minimum Gasteiger partial charge on any atom is -0.345 e. The average Bonchev–Trinajstić information content (AvgIpc) is 3.10. The average molecular weight is 355 g/mol. The number of benzene rings is 1. The standard InChI is InChI=1S/C19H19F2N5/c1-12-3-5-14(6-4-12)19(7-2-8-19)24-18-22-10-13(11-23-18)15-9-16(17(20)21)26-25-15/h3-6,10-11,17H,2,7-9H2,1H3,(H,22,23,24). The molecule has 0 bridgehead atoms. The van der Waals surface area contributed by atoms with Gasteiger partial charge in [-0.25, -0.2) is 18.7 Å². The zero-order chi connectivity index (χ0) is 18.1. The van der Waals surface area contributed by atoms with Crippen molar-refractivity contribution in [3.05, 3.63) is 53.3 Å². The molecule has 1 aromatic heterocycles. The highest BCUT2D eigenvalue weighted by molar-refractivity contribution is 6.15. The lowest BCUT2D eigenvalue weighted by atomic mass is 9.72. The molecule has 2 heterocycles. The second kappa shape index (κ2) is 6.55. The molecule has 0 unspecified atom stereocenters. The van der Waals surface area contributed by atoms with E-state index in [1.54, 1.807) is 12.4 Å². The smallest absolute Gasteiger partial charge is 0.278 e. The number of hydrogen-bond acceptors (Lipinski definition) is 5. The molecule has 26 heavy (non-hydrogen) atoms. The van der Waals surface area contributed by atoms with Crippen molar-refractivity contribution in [2.75, 3.05) is 5.32 Å². The molecular weight excluding hydrogens is 336 g/mol. The lowest BCUT2D eigenvalue weighted by Crippen LogP contribution is -2.42. The van der Waals surface area contributed by atoms with Gasteiger partial charge in [-0.1, -0.05) is 29.8 Å². The molecule has 2 aromatic rings. The highest BCUT2D eigenvalue weighted by atomic mass is 19.3. The quantitative estimate of drug-likeness (QED) is 0.879. The van der Waals surface area contributed by atoms with Crippen LogP contribution in [0.15, 0.2) is 46.9 Å². The van der Waals surface area contributed by atoms with E-state index in [1.165, 1.54) is 11.1 Å². The molecule has 4 rings (SSSR count). The number of halogens is 2. The van der Waals surface area contributed by atoms with Crippen LogP contribution < -0.4 is 5.32 Å². The summed E-state index contributed by atoms with van der Waals surface area (Å²) in [5.41, 5.74) is 3.21. The van der Waals surface area contributed by atoms with Crippen molar-refractivity contribution in [3.8, 4) is 0 Å². The molecule has 1 aliphatic heterocycles. The molecule has 1 aromatic carbocycles. The molecule has 0 atom stereocenters. The SMILES string of the molecule is Cc1ccc(C2(Nc3ncc(C4=NN=C(C(F)F)C4)cn3)CCC2)cc1. The maximum atomic E-state index is 12.7.